The van der Waals surface area contributed by atoms with Crippen LogP contribution in [0.1, 0.15) is 21.9 Å². The second-order valence-corrected chi connectivity index (χ2v) is 4.83. The summed E-state index contributed by atoms with van der Waals surface area (Å²) in [6.45, 7) is 3.04. The lowest BCUT2D eigenvalue weighted by Gasteiger charge is -2.08. The summed E-state index contributed by atoms with van der Waals surface area (Å²) in [4.78, 5) is 31.1. The van der Waals surface area contributed by atoms with E-state index in [2.05, 4.69) is 20.4 Å². The lowest BCUT2D eigenvalue weighted by atomic mass is 10.3. The van der Waals surface area contributed by atoms with E-state index in [1.54, 1.807) is 13.8 Å². The maximum atomic E-state index is 12.4. The van der Waals surface area contributed by atoms with Gasteiger partial charge in [0.25, 0.3) is 5.91 Å². The van der Waals surface area contributed by atoms with Gasteiger partial charge in [0.2, 0.25) is 5.88 Å². The molecule has 0 atom stereocenters. The third-order valence-electron chi connectivity index (χ3n) is 3.21. The zero-order valence-electron chi connectivity index (χ0n) is 13.7. The van der Waals surface area contributed by atoms with Crippen LogP contribution in [0.4, 0.5) is 5.69 Å². The molecule has 0 fully saturated rings. The van der Waals surface area contributed by atoms with Crippen LogP contribution >= 0.6 is 0 Å². The number of aryl methyl sites for hydroxylation is 1. The average molecular weight is 335 g/mol. The summed E-state index contributed by atoms with van der Waals surface area (Å²) in [7, 11) is 2.79. The van der Waals surface area contributed by atoms with Gasteiger partial charge in [-0.05, 0) is 13.8 Å². The summed E-state index contributed by atoms with van der Waals surface area (Å²) < 4.78 is 11.2. The number of carboxylic acid groups (broad SMARTS) is 1. The Kier molecular flexibility index (Phi) is 4.97. The summed E-state index contributed by atoms with van der Waals surface area (Å²) in [5, 5.41) is 15.7. The van der Waals surface area contributed by atoms with Crippen LogP contribution in [-0.2, 0) is 11.3 Å². The van der Waals surface area contributed by atoms with Crippen molar-refractivity contribution in [3.63, 3.8) is 0 Å². The lowest BCUT2D eigenvalue weighted by molar-refractivity contribution is -0.137. The molecule has 2 rings (SSSR count). The van der Waals surface area contributed by atoms with Crippen molar-refractivity contribution in [2.24, 2.45) is 0 Å². The van der Waals surface area contributed by atoms with E-state index in [-0.39, 0.29) is 24.1 Å². The molecule has 0 radical (unpaired) electrons. The third-order valence-corrected chi connectivity index (χ3v) is 3.21. The van der Waals surface area contributed by atoms with Gasteiger partial charge in [-0.3, -0.25) is 14.3 Å². The second-order valence-electron chi connectivity index (χ2n) is 4.83. The Morgan fingerprint density at radius 2 is 1.96 bits per heavy atom. The van der Waals surface area contributed by atoms with Gasteiger partial charge in [-0.15, -0.1) is 0 Å². The van der Waals surface area contributed by atoms with Gasteiger partial charge in [-0.2, -0.15) is 15.1 Å². The molecule has 0 unspecified atom stereocenters. The van der Waals surface area contributed by atoms with Crippen LogP contribution < -0.4 is 14.8 Å². The van der Waals surface area contributed by atoms with Crippen molar-refractivity contribution in [2.45, 2.75) is 20.4 Å². The fourth-order valence-corrected chi connectivity index (χ4v) is 2.05. The summed E-state index contributed by atoms with van der Waals surface area (Å²) in [6.07, 6.45) is 0. The number of aliphatic carboxylic acids is 1. The number of methoxy groups -OCH3 is 2. The van der Waals surface area contributed by atoms with Crippen LogP contribution in [-0.4, -0.2) is 51.0 Å². The van der Waals surface area contributed by atoms with Crippen molar-refractivity contribution < 1.29 is 24.2 Å². The van der Waals surface area contributed by atoms with Gasteiger partial charge < -0.3 is 19.9 Å². The molecular weight excluding hydrogens is 318 g/mol. The Labute approximate surface area is 137 Å². The van der Waals surface area contributed by atoms with E-state index >= 15 is 0 Å². The maximum Gasteiger partial charge on any atom is 0.325 e. The van der Waals surface area contributed by atoms with Crippen LogP contribution in [0.2, 0.25) is 0 Å². The molecule has 2 aromatic heterocycles. The molecule has 0 spiro atoms. The van der Waals surface area contributed by atoms with E-state index in [9.17, 15) is 9.59 Å². The van der Waals surface area contributed by atoms with Crippen LogP contribution in [0, 0.1) is 13.8 Å². The number of amides is 1. The number of nitrogens with zero attached hydrogens (tertiary/aromatic N) is 4. The predicted molar refractivity (Wildman–Crippen MR) is 82.4 cm³/mol. The second kappa shape index (κ2) is 6.94. The number of aromatic nitrogens is 4. The Hall–Kier alpha value is -3.17. The van der Waals surface area contributed by atoms with Gasteiger partial charge in [0, 0.05) is 6.07 Å². The molecule has 24 heavy (non-hydrogen) atoms. The SMILES string of the molecule is COc1cc(C(=O)Nc2c(C)nn(CC(=O)O)c2C)nc(OC)n1. The van der Waals surface area contributed by atoms with Crippen molar-refractivity contribution in [3.8, 4) is 11.9 Å². The van der Waals surface area contributed by atoms with E-state index in [1.807, 2.05) is 0 Å². The molecule has 10 heteroatoms. The maximum absolute atomic E-state index is 12.4. The molecule has 0 saturated heterocycles. The molecule has 2 N–H and O–H groups in total. The smallest absolute Gasteiger partial charge is 0.325 e. The number of carbonyl (C=O) groups excluding carboxylic acids is 1. The number of anilines is 1. The van der Waals surface area contributed by atoms with Gasteiger partial charge in [0.05, 0.1) is 31.3 Å². The number of ether oxygens (including phenoxy) is 2. The van der Waals surface area contributed by atoms with Gasteiger partial charge in [-0.1, -0.05) is 0 Å². The van der Waals surface area contributed by atoms with E-state index in [0.717, 1.165) is 0 Å². The number of carboxylic acids is 1. The molecule has 0 aliphatic rings. The highest BCUT2D eigenvalue weighted by Gasteiger charge is 2.18. The summed E-state index contributed by atoms with van der Waals surface area (Å²) in [6, 6.07) is 1.36. The zero-order chi connectivity index (χ0) is 17.9. The van der Waals surface area contributed by atoms with Crippen LogP contribution in [0.5, 0.6) is 11.9 Å². The number of carbonyl (C=O) groups is 2. The van der Waals surface area contributed by atoms with E-state index in [0.29, 0.717) is 17.1 Å². The first-order valence-electron chi connectivity index (χ1n) is 6.90. The predicted octanol–water partition coefficient (Wildman–Crippen LogP) is 0.644. The molecule has 1 amide bonds. The van der Waals surface area contributed by atoms with E-state index < -0.39 is 11.9 Å². The normalized spacial score (nSPS) is 10.3. The Morgan fingerprint density at radius 1 is 1.25 bits per heavy atom. The van der Waals surface area contributed by atoms with Crippen molar-refractivity contribution in [1.29, 1.82) is 0 Å². The van der Waals surface area contributed by atoms with Crippen LogP contribution in [0.15, 0.2) is 6.07 Å². The molecule has 0 aliphatic heterocycles. The van der Waals surface area contributed by atoms with Crippen molar-refractivity contribution in [2.75, 3.05) is 19.5 Å². The highest BCUT2D eigenvalue weighted by molar-refractivity contribution is 6.03. The lowest BCUT2D eigenvalue weighted by Crippen LogP contribution is -2.16. The summed E-state index contributed by atoms with van der Waals surface area (Å²) >= 11 is 0. The topological polar surface area (TPSA) is 128 Å². The highest BCUT2D eigenvalue weighted by atomic mass is 16.5. The fourth-order valence-electron chi connectivity index (χ4n) is 2.05. The quantitative estimate of drug-likeness (QED) is 0.787. The molecule has 0 aliphatic carbocycles. The number of hydrogen-bond donors (Lipinski definition) is 2. The molecular formula is C14H17N5O5. The van der Waals surface area contributed by atoms with E-state index in [4.69, 9.17) is 14.6 Å². The van der Waals surface area contributed by atoms with Gasteiger partial charge in [0.15, 0.2) is 0 Å². The molecule has 2 heterocycles. The van der Waals surface area contributed by atoms with Crippen molar-refractivity contribution >= 4 is 17.6 Å². The largest absolute Gasteiger partial charge is 0.481 e. The zero-order valence-corrected chi connectivity index (χ0v) is 13.7. The number of hydrogen-bond acceptors (Lipinski definition) is 7. The number of nitrogens with one attached hydrogen (secondary N) is 1. The third kappa shape index (κ3) is 3.59. The summed E-state index contributed by atoms with van der Waals surface area (Å²) in [5.74, 6) is -1.36. The van der Waals surface area contributed by atoms with Crippen LogP contribution in [0.3, 0.4) is 0 Å². The molecule has 0 bridgehead atoms. The Bertz CT molecular complexity index is 764. The minimum absolute atomic E-state index is 0.00508. The molecule has 0 aromatic carbocycles. The van der Waals surface area contributed by atoms with Gasteiger partial charge >= 0.3 is 12.0 Å². The Balaban J connectivity index is 2.30. The van der Waals surface area contributed by atoms with E-state index in [1.165, 1.54) is 25.0 Å². The monoisotopic (exact) mass is 335 g/mol. The first kappa shape index (κ1) is 17.2. The van der Waals surface area contributed by atoms with Gasteiger partial charge in [-0.25, -0.2) is 0 Å². The molecule has 0 saturated carbocycles. The highest BCUT2D eigenvalue weighted by Crippen LogP contribution is 2.21. The number of rotatable bonds is 6. The minimum atomic E-state index is -1.02. The first-order chi connectivity index (χ1) is 11.3. The molecule has 10 nitrogen and oxygen atoms in total. The standard InChI is InChI=1S/C14H17N5O5/c1-7-12(8(2)19(18-7)6-11(20)21)17-13(22)9-5-10(23-3)16-14(15-9)24-4/h5H,6H2,1-4H3,(H,17,22)(H,20,21). The minimum Gasteiger partial charge on any atom is -0.481 e. The fraction of sp³-hybridized carbons (Fsp3) is 0.357. The van der Waals surface area contributed by atoms with Crippen LogP contribution in [0.25, 0.3) is 0 Å². The van der Waals surface area contributed by atoms with Gasteiger partial charge in [0.1, 0.15) is 12.2 Å². The summed E-state index contributed by atoms with van der Waals surface area (Å²) in [5.41, 5.74) is 1.49. The van der Waals surface area contributed by atoms with Crippen molar-refractivity contribution in [1.82, 2.24) is 19.7 Å². The average Bonchev–Trinajstić information content (AvgIpc) is 2.81. The molecule has 128 valence electrons. The molecule has 2 aromatic rings. The Morgan fingerprint density at radius 3 is 2.54 bits per heavy atom. The van der Waals surface area contributed by atoms with Crippen molar-refractivity contribution in [3.05, 3.63) is 23.1 Å². The first-order valence-corrected chi connectivity index (χ1v) is 6.90.